The van der Waals surface area contributed by atoms with Crippen LogP contribution in [0.1, 0.15) is 55.0 Å². The third-order valence-corrected chi connectivity index (χ3v) is 6.59. The molecule has 1 fully saturated rings. The number of hydrogen-bond acceptors (Lipinski definition) is 4. The molecule has 0 spiro atoms. The second-order valence-corrected chi connectivity index (χ2v) is 9.13. The van der Waals surface area contributed by atoms with E-state index in [0.717, 1.165) is 49.4 Å². The van der Waals surface area contributed by atoms with Crippen LogP contribution in [0, 0.1) is 13.8 Å². The number of benzene rings is 2. The maximum Gasteiger partial charge on any atom is 0.159 e. The maximum absolute atomic E-state index is 5.13. The van der Waals surface area contributed by atoms with Gasteiger partial charge in [-0.05, 0) is 63.0 Å². The monoisotopic (exact) mass is 464 g/mol. The van der Waals surface area contributed by atoms with Crippen LogP contribution in [-0.4, -0.2) is 32.9 Å². The minimum absolute atomic E-state index is 0.429. The first kappa shape index (κ1) is 24.7. The molecule has 0 bridgehead atoms. The molecule has 0 amide bonds. The Morgan fingerprint density at radius 3 is 2.23 bits per heavy atom. The van der Waals surface area contributed by atoms with Gasteiger partial charge in [-0.3, -0.25) is 9.88 Å². The fraction of sp³-hybridized carbons (Fsp3) is 0.323. The average molecular weight is 465 g/mol. The minimum Gasteiger partial charge on any atom is -0.299 e. The normalized spacial score (nSPS) is 14.3. The first-order valence-electron chi connectivity index (χ1n) is 12.8. The molecule has 1 aliphatic heterocycles. The maximum atomic E-state index is 5.13. The van der Waals surface area contributed by atoms with E-state index in [4.69, 9.17) is 9.97 Å². The summed E-state index contributed by atoms with van der Waals surface area (Å²) in [5.41, 5.74) is 8.51. The van der Waals surface area contributed by atoms with Gasteiger partial charge in [0.2, 0.25) is 0 Å². The van der Waals surface area contributed by atoms with Crippen molar-refractivity contribution in [3.05, 3.63) is 102 Å². The van der Waals surface area contributed by atoms with E-state index in [1.54, 1.807) is 12.4 Å². The van der Waals surface area contributed by atoms with Gasteiger partial charge in [0, 0.05) is 42.2 Å². The SMILES string of the molecule is CC.Cc1ccc(CN2CCC(c3nc(-c4ccncc4)ncc3-c3cccc(C)c3)CC2)cc1. The van der Waals surface area contributed by atoms with E-state index in [2.05, 4.69) is 72.3 Å². The molecule has 0 saturated carbocycles. The number of likely N-dealkylation sites (tertiary alicyclic amines) is 1. The zero-order valence-corrected chi connectivity index (χ0v) is 21.4. The Kier molecular flexibility index (Phi) is 8.38. The van der Waals surface area contributed by atoms with Gasteiger partial charge in [0.1, 0.15) is 0 Å². The largest absolute Gasteiger partial charge is 0.299 e. The number of aryl methyl sites for hydroxylation is 2. The lowest BCUT2D eigenvalue weighted by Gasteiger charge is -2.32. The third kappa shape index (κ3) is 6.20. The molecular weight excluding hydrogens is 428 g/mol. The van der Waals surface area contributed by atoms with Crippen molar-refractivity contribution in [2.24, 2.45) is 0 Å². The van der Waals surface area contributed by atoms with Crippen molar-refractivity contribution >= 4 is 0 Å². The van der Waals surface area contributed by atoms with Crippen LogP contribution in [0.25, 0.3) is 22.5 Å². The lowest BCUT2D eigenvalue weighted by molar-refractivity contribution is 0.203. The number of aromatic nitrogens is 3. The van der Waals surface area contributed by atoms with Crippen LogP contribution in [0.5, 0.6) is 0 Å². The first-order valence-corrected chi connectivity index (χ1v) is 12.8. The second-order valence-electron chi connectivity index (χ2n) is 9.13. The summed E-state index contributed by atoms with van der Waals surface area (Å²) in [6.45, 7) is 11.5. The summed E-state index contributed by atoms with van der Waals surface area (Å²) in [7, 11) is 0. The Bertz CT molecular complexity index is 1210. The summed E-state index contributed by atoms with van der Waals surface area (Å²) in [4.78, 5) is 16.6. The number of rotatable bonds is 5. The van der Waals surface area contributed by atoms with Gasteiger partial charge in [-0.1, -0.05) is 73.5 Å². The molecule has 180 valence electrons. The van der Waals surface area contributed by atoms with Gasteiger partial charge in [0.25, 0.3) is 0 Å². The molecule has 4 nitrogen and oxygen atoms in total. The first-order chi connectivity index (χ1) is 17.2. The zero-order valence-electron chi connectivity index (χ0n) is 21.4. The Labute approximate surface area is 210 Å². The van der Waals surface area contributed by atoms with Crippen LogP contribution in [0.2, 0.25) is 0 Å². The molecule has 1 aliphatic rings. The second kappa shape index (κ2) is 11.9. The smallest absolute Gasteiger partial charge is 0.159 e. The predicted molar refractivity (Wildman–Crippen MR) is 145 cm³/mol. The minimum atomic E-state index is 0.429. The molecule has 1 saturated heterocycles. The molecule has 2 aromatic carbocycles. The molecule has 35 heavy (non-hydrogen) atoms. The molecule has 0 radical (unpaired) electrons. The van der Waals surface area contributed by atoms with Crippen LogP contribution in [-0.2, 0) is 6.54 Å². The van der Waals surface area contributed by atoms with E-state index < -0.39 is 0 Å². The van der Waals surface area contributed by atoms with Gasteiger partial charge in [0.15, 0.2) is 5.82 Å². The van der Waals surface area contributed by atoms with Gasteiger partial charge in [-0.25, -0.2) is 9.97 Å². The summed E-state index contributed by atoms with van der Waals surface area (Å²) < 4.78 is 0. The van der Waals surface area contributed by atoms with Crippen molar-refractivity contribution in [3.8, 4) is 22.5 Å². The summed E-state index contributed by atoms with van der Waals surface area (Å²) in [6.07, 6.45) is 7.84. The molecule has 0 N–H and O–H groups in total. The van der Waals surface area contributed by atoms with Gasteiger partial charge >= 0.3 is 0 Å². The standard InChI is InChI=1S/C29H30N4.C2H6/c1-21-6-8-23(9-7-21)20-33-16-12-24(13-17-33)28-27(26-5-3-4-22(2)18-26)19-31-29(32-28)25-10-14-30-15-11-25;1-2/h3-11,14-15,18-19,24H,12-13,16-17,20H2,1-2H3;1-2H3. The van der Waals surface area contributed by atoms with Crippen molar-refractivity contribution in [1.29, 1.82) is 0 Å². The van der Waals surface area contributed by atoms with Crippen molar-refractivity contribution in [3.63, 3.8) is 0 Å². The molecular formula is C31H36N4. The fourth-order valence-corrected chi connectivity index (χ4v) is 4.70. The van der Waals surface area contributed by atoms with Gasteiger partial charge in [-0.2, -0.15) is 0 Å². The summed E-state index contributed by atoms with van der Waals surface area (Å²) in [5.74, 6) is 1.21. The molecule has 5 rings (SSSR count). The molecule has 0 aliphatic carbocycles. The fourth-order valence-electron chi connectivity index (χ4n) is 4.70. The number of nitrogens with zero attached hydrogens (tertiary/aromatic N) is 4. The van der Waals surface area contributed by atoms with Crippen molar-refractivity contribution < 1.29 is 0 Å². The Morgan fingerprint density at radius 1 is 0.829 bits per heavy atom. The molecule has 0 atom stereocenters. The average Bonchev–Trinajstić information content (AvgIpc) is 2.92. The van der Waals surface area contributed by atoms with Crippen molar-refractivity contribution in [2.45, 2.75) is 53.0 Å². The Hall–Kier alpha value is -3.37. The predicted octanol–water partition coefficient (Wildman–Crippen LogP) is 7.23. The topological polar surface area (TPSA) is 41.9 Å². The molecule has 2 aromatic heterocycles. The van der Waals surface area contributed by atoms with Gasteiger partial charge < -0.3 is 0 Å². The van der Waals surface area contributed by atoms with Crippen molar-refractivity contribution in [2.75, 3.05) is 13.1 Å². The molecule has 4 aromatic rings. The highest BCUT2D eigenvalue weighted by Crippen LogP contribution is 2.35. The lowest BCUT2D eigenvalue weighted by Crippen LogP contribution is -2.33. The van der Waals surface area contributed by atoms with Crippen LogP contribution in [0.4, 0.5) is 0 Å². The van der Waals surface area contributed by atoms with Crippen LogP contribution in [0.3, 0.4) is 0 Å². The van der Waals surface area contributed by atoms with Gasteiger partial charge in [-0.15, -0.1) is 0 Å². The highest BCUT2D eigenvalue weighted by atomic mass is 15.1. The molecule has 4 heteroatoms. The summed E-state index contributed by atoms with van der Waals surface area (Å²) >= 11 is 0. The Balaban J connectivity index is 0.00000141. The van der Waals surface area contributed by atoms with Crippen LogP contribution in [0.15, 0.2) is 79.3 Å². The quantitative estimate of drug-likeness (QED) is 0.312. The molecule has 3 heterocycles. The van der Waals surface area contributed by atoms with E-state index in [0.29, 0.717) is 5.92 Å². The summed E-state index contributed by atoms with van der Waals surface area (Å²) in [6, 6.07) is 21.6. The van der Waals surface area contributed by atoms with Crippen LogP contribution >= 0.6 is 0 Å². The number of pyridine rings is 1. The van der Waals surface area contributed by atoms with E-state index in [-0.39, 0.29) is 0 Å². The number of hydrogen-bond donors (Lipinski definition) is 0. The van der Waals surface area contributed by atoms with E-state index in [9.17, 15) is 0 Å². The van der Waals surface area contributed by atoms with Gasteiger partial charge in [0.05, 0.1) is 5.69 Å². The highest BCUT2D eigenvalue weighted by molar-refractivity contribution is 5.68. The van der Waals surface area contributed by atoms with E-state index >= 15 is 0 Å². The van der Waals surface area contributed by atoms with E-state index in [1.165, 1.54) is 27.9 Å². The zero-order chi connectivity index (χ0) is 24.6. The van der Waals surface area contributed by atoms with E-state index in [1.807, 2.05) is 32.2 Å². The molecule has 0 unspecified atom stereocenters. The van der Waals surface area contributed by atoms with Crippen LogP contribution < -0.4 is 0 Å². The Morgan fingerprint density at radius 2 is 1.54 bits per heavy atom. The third-order valence-electron chi connectivity index (χ3n) is 6.59. The summed E-state index contributed by atoms with van der Waals surface area (Å²) in [5, 5.41) is 0. The number of piperidine rings is 1. The highest BCUT2D eigenvalue weighted by Gasteiger charge is 2.25. The lowest BCUT2D eigenvalue weighted by atomic mass is 9.88. The van der Waals surface area contributed by atoms with Crippen molar-refractivity contribution in [1.82, 2.24) is 19.9 Å².